The summed E-state index contributed by atoms with van der Waals surface area (Å²) >= 11 is 7.16. The number of carbonyl (C=O) groups is 2. The molecule has 2 aromatic heterocycles. The van der Waals surface area contributed by atoms with Gasteiger partial charge in [-0.15, -0.1) is 11.3 Å². The van der Waals surface area contributed by atoms with E-state index in [0.29, 0.717) is 50.2 Å². The minimum Gasteiger partial charge on any atom is -0.388 e. The van der Waals surface area contributed by atoms with E-state index in [1.54, 1.807) is 38.2 Å². The van der Waals surface area contributed by atoms with E-state index in [1.807, 2.05) is 18.2 Å². The van der Waals surface area contributed by atoms with E-state index in [1.165, 1.54) is 11.3 Å². The first-order valence-electron chi connectivity index (χ1n) is 10.3. The second-order valence-corrected chi connectivity index (χ2v) is 8.89. The highest BCUT2D eigenvalue weighted by atomic mass is 35.5. The van der Waals surface area contributed by atoms with Crippen LogP contribution in [0.3, 0.4) is 0 Å². The Bertz CT molecular complexity index is 1320. The maximum absolute atomic E-state index is 12.7. The van der Waals surface area contributed by atoms with Crippen molar-refractivity contribution in [3.8, 4) is 10.6 Å². The molecule has 2 heterocycles. The van der Waals surface area contributed by atoms with E-state index in [0.717, 1.165) is 11.1 Å². The van der Waals surface area contributed by atoms with Crippen LogP contribution in [0.4, 0.5) is 0 Å². The summed E-state index contributed by atoms with van der Waals surface area (Å²) in [5, 5.41) is 24.7. The molecule has 0 saturated carbocycles. The molecule has 2 amide bonds. The summed E-state index contributed by atoms with van der Waals surface area (Å²) in [7, 11) is 1.56. The number of aromatic nitrogens is 3. The maximum Gasteiger partial charge on any atom is 0.272 e. The number of nitrogens with one attached hydrogen (secondary N) is 3. The highest BCUT2D eigenvalue weighted by molar-refractivity contribution is 7.17. The molecule has 1 unspecified atom stereocenters. The van der Waals surface area contributed by atoms with Gasteiger partial charge >= 0.3 is 0 Å². The fraction of sp³-hybridized carbons (Fsp3) is 0.217. The molecule has 0 aliphatic rings. The number of nitrogens with zero attached hydrogens (tertiary/aromatic N) is 2. The third-order valence-electron chi connectivity index (χ3n) is 5.21. The summed E-state index contributed by atoms with van der Waals surface area (Å²) in [6.45, 7) is 2.10. The third-order valence-corrected chi connectivity index (χ3v) is 6.67. The van der Waals surface area contributed by atoms with Gasteiger partial charge in [-0.05, 0) is 43.2 Å². The van der Waals surface area contributed by atoms with Crippen molar-refractivity contribution in [3.63, 3.8) is 0 Å². The Morgan fingerprint density at radius 1 is 1.18 bits per heavy atom. The predicted octanol–water partition coefficient (Wildman–Crippen LogP) is 3.86. The predicted molar refractivity (Wildman–Crippen MR) is 129 cm³/mol. The number of aromatic amines is 1. The number of aryl methyl sites for hydroxylation is 1. The van der Waals surface area contributed by atoms with Gasteiger partial charge in [-0.1, -0.05) is 29.8 Å². The molecule has 33 heavy (non-hydrogen) atoms. The molecule has 0 saturated heterocycles. The Morgan fingerprint density at radius 2 is 1.94 bits per heavy atom. The zero-order chi connectivity index (χ0) is 23.5. The number of aliphatic hydroxyl groups is 1. The number of thiazole rings is 1. The number of H-pyrrole nitrogens is 1. The SMILES string of the molecule is CNC(=O)c1n[nH]c2cc(-c3nc(C)c(C(=O)NCCC(O)c4ccc(Cl)cc4)s3)ccc12. The van der Waals surface area contributed by atoms with Gasteiger partial charge in [0.1, 0.15) is 9.88 Å². The Labute approximate surface area is 199 Å². The first-order chi connectivity index (χ1) is 15.9. The van der Waals surface area contributed by atoms with Crippen LogP contribution < -0.4 is 10.6 Å². The third kappa shape index (κ3) is 4.90. The molecule has 1 atom stereocenters. The van der Waals surface area contributed by atoms with Crippen LogP contribution >= 0.6 is 22.9 Å². The molecule has 0 aliphatic carbocycles. The molecule has 0 bridgehead atoms. The number of carbonyl (C=O) groups excluding carboxylic acids is 2. The van der Waals surface area contributed by atoms with E-state index in [2.05, 4.69) is 25.8 Å². The average molecular weight is 484 g/mol. The molecule has 4 rings (SSSR count). The van der Waals surface area contributed by atoms with E-state index >= 15 is 0 Å². The van der Waals surface area contributed by atoms with Gasteiger partial charge in [-0.3, -0.25) is 14.7 Å². The number of aliphatic hydroxyl groups excluding tert-OH is 1. The van der Waals surface area contributed by atoms with Crippen molar-refractivity contribution in [2.24, 2.45) is 0 Å². The summed E-state index contributed by atoms with van der Waals surface area (Å²) in [6, 6.07) is 12.5. The summed E-state index contributed by atoms with van der Waals surface area (Å²) in [6.07, 6.45) is -0.316. The molecule has 0 aliphatic heterocycles. The second-order valence-electron chi connectivity index (χ2n) is 7.46. The van der Waals surface area contributed by atoms with Crippen LogP contribution in [0.1, 0.15) is 43.9 Å². The number of hydrogen-bond donors (Lipinski definition) is 4. The summed E-state index contributed by atoms with van der Waals surface area (Å²) in [5.41, 5.74) is 3.23. The van der Waals surface area contributed by atoms with E-state index < -0.39 is 6.10 Å². The molecular formula is C23H22ClN5O3S. The van der Waals surface area contributed by atoms with Gasteiger partial charge in [0.2, 0.25) is 0 Å². The molecular weight excluding hydrogens is 462 g/mol. The first-order valence-corrected chi connectivity index (χ1v) is 11.5. The summed E-state index contributed by atoms with van der Waals surface area (Å²) in [4.78, 5) is 29.7. The standard InChI is InChI=1S/C23H22ClN5O3S/c1-12-20(22(32)26-10-9-18(30)13-3-6-15(24)7-4-13)33-23(27-12)14-5-8-16-17(11-14)28-29-19(16)21(31)25-2/h3-8,11,18,30H,9-10H2,1-2H3,(H,25,31)(H,26,32)(H,28,29). The Kier molecular flexibility index (Phi) is 6.73. The van der Waals surface area contributed by atoms with Crippen LogP contribution in [0.15, 0.2) is 42.5 Å². The summed E-state index contributed by atoms with van der Waals surface area (Å²) in [5.74, 6) is -0.497. The number of rotatable bonds is 7. The Hall–Kier alpha value is -3.27. The van der Waals surface area contributed by atoms with Gasteiger partial charge in [-0.25, -0.2) is 4.98 Å². The van der Waals surface area contributed by atoms with Crippen LogP contribution in [-0.2, 0) is 0 Å². The largest absolute Gasteiger partial charge is 0.388 e. The normalized spacial score (nSPS) is 12.0. The van der Waals surface area contributed by atoms with Gasteiger partial charge in [-0.2, -0.15) is 5.10 Å². The van der Waals surface area contributed by atoms with Crippen LogP contribution in [0.5, 0.6) is 0 Å². The van der Waals surface area contributed by atoms with Gasteiger partial charge in [0.15, 0.2) is 5.69 Å². The van der Waals surface area contributed by atoms with E-state index in [4.69, 9.17) is 11.6 Å². The molecule has 8 nitrogen and oxygen atoms in total. The summed E-state index contributed by atoms with van der Waals surface area (Å²) < 4.78 is 0. The number of amides is 2. The van der Waals surface area contributed by atoms with Crippen LogP contribution in [-0.4, -0.2) is 45.7 Å². The van der Waals surface area contributed by atoms with Gasteiger partial charge < -0.3 is 15.7 Å². The molecule has 4 N–H and O–H groups in total. The highest BCUT2D eigenvalue weighted by Gasteiger charge is 2.18. The first kappa shape index (κ1) is 22.9. The fourth-order valence-corrected chi connectivity index (χ4v) is 4.53. The number of fused-ring (bicyclic) bond motifs is 1. The van der Waals surface area contributed by atoms with Crippen molar-refractivity contribution in [1.82, 2.24) is 25.8 Å². The van der Waals surface area contributed by atoms with Crippen LogP contribution in [0.2, 0.25) is 5.02 Å². The molecule has 10 heteroatoms. The van der Waals surface area contributed by atoms with Gasteiger partial charge in [0.25, 0.3) is 11.8 Å². The molecule has 170 valence electrons. The number of halogens is 1. The minimum absolute atomic E-state index is 0.232. The quantitative estimate of drug-likeness (QED) is 0.318. The average Bonchev–Trinajstić information content (AvgIpc) is 3.42. The topological polar surface area (TPSA) is 120 Å². The monoisotopic (exact) mass is 483 g/mol. The Balaban J connectivity index is 1.43. The lowest BCUT2D eigenvalue weighted by Gasteiger charge is -2.11. The second kappa shape index (κ2) is 9.70. The van der Waals surface area contributed by atoms with E-state index in [9.17, 15) is 14.7 Å². The Morgan fingerprint density at radius 3 is 2.67 bits per heavy atom. The fourth-order valence-electron chi connectivity index (χ4n) is 3.43. The number of hydrogen-bond acceptors (Lipinski definition) is 6. The van der Waals surface area contributed by atoms with Crippen molar-refractivity contribution in [3.05, 3.63) is 69.3 Å². The van der Waals surface area contributed by atoms with Crippen molar-refractivity contribution >= 4 is 45.7 Å². The zero-order valence-electron chi connectivity index (χ0n) is 18.0. The molecule has 0 fully saturated rings. The maximum atomic E-state index is 12.7. The van der Waals surface area contributed by atoms with E-state index in [-0.39, 0.29) is 11.8 Å². The minimum atomic E-state index is -0.693. The van der Waals surface area contributed by atoms with Crippen molar-refractivity contribution in [1.29, 1.82) is 0 Å². The molecule has 0 spiro atoms. The van der Waals surface area contributed by atoms with Crippen molar-refractivity contribution in [2.75, 3.05) is 13.6 Å². The van der Waals surface area contributed by atoms with Crippen molar-refractivity contribution in [2.45, 2.75) is 19.4 Å². The lowest BCUT2D eigenvalue weighted by Crippen LogP contribution is -2.25. The highest BCUT2D eigenvalue weighted by Crippen LogP contribution is 2.30. The van der Waals surface area contributed by atoms with Crippen molar-refractivity contribution < 1.29 is 14.7 Å². The zero-order valence-corrected chi connectivity index (χ0v) is 19.5. The van der Waals surface area contributed by atoms with Crippen LogP contribution in [0.25, 0.3) is 21.5 Å². The van der Waals surface area contributed by atoms with Gasteiger partial charge in [0.05, 0.1) is 17.3 Å². The van der Waals surface area contributed by atoms with Gasteiger partial charge in [0, 0.05) is 29.6 Å². The lowest BCUT2D eigenvalue weighted by atomic mass is 10.1. The molecule has 2 aromatic carbocycles. The number of benzene rings is 2. The lowest BCUT2D eigenvalue weighted by molar-refractivity contribution is 0.0941. The molecule has 4 aromatic rings. The smallest absolute Gasteiger partial charge is 0.272 e. The molecule has 0 radical (unpaired) electrons. The van der Waals surface area contributed by atoms with Crippen LogP contribution in [0, 0.1) is 6.92 Å².